The van der Waals surface area contributed by atoms with Gasteiger partial charge in [0.25, 0.3) is 0 Å². The Kier molecular flexibility index (Phi) is 4.93. The molecular formula is C13H20N4OS2. The van der Waals surface area contributed by atoms with Crippen molar-refractivity contribution in [2.45, 2.75) is 26.8 Å². The van der Waals surface area contributed by atoms with Crippen LogP contribution in [0.3, 0.4) is 0 Å². The van der Waals surface area contributed by atoms with Gasteiger partial charge in [-0.1, -0.05) is 0 Å². The first-order chi connectivity index (χ1) is 9.49. The summed E-state index contributed by atoms with van der Waals surface area (Å²) in [5.74, 6) is 2.05. The molecule has 0 aliphatic rings. The third kappa shape index (κ3) is 3.67. The van der Waals surface area contributed by atoms with E-state index in [1.807, 2.05) is 13.8 Å². The second kappa shape index (κ2) is 6.49. The lowest BCUT2D eigenvalue weighted by atomic mass is 10.3. The fourth-order valence-corrected chi connectivity index (χ4v) is 3.68. The van der Waals surface area contributed by atoms with Gasteiger partial charge < -0.3 is 10.6 Å². The molecule has 7 heteroatoms. The van der Waals surface area contributed by atoms with E-state index >= 15 is 0 Å². The number of anilines is 2. The van der Waals surface area contributed by atoms with Crippen molar-refractivity contribution < 1.29 is 4.21 Å². The van der Waals surface area contributed by atoms with Crippen LogP contribution in [0.4, 0.5) is 11.8 Å². The second-order valence-electron chi connectivity index (χ2n) is 4.79. The van der Waals surface area contributed by atoms with Gasteiger partial charge >= 0.3 is 0 Å². The quantitative estimate of drug-likeness (QED) is 0.858. The fourth-order valence-electron chi connectivity index (χ4n) is 2.02. The zero-order chi connectivity index (χ0) is 14.7. The Morgan fingerprint density at radius 1 is 1.45 bits per heavy atom. The smallest absolute Gasteiger partial charge is 0.226 e. The van der Waals surface area contributed by atoms with Gasteiger partial charge in [0, 0.05) is 40.3 Å². The van der Waals surface area contributed by atoms with Crippen LogP contribution < -0.4 is 10.6 Å². The van der Waals surface area contributed by atoms with E-state index < -0.39 is 10.8 Å². The molecule has 2 unspecified atom stereocenters. The Balaban J connectivity index is 2.35. The molecule has 5 nitrogen and oxygen atoms in total. The number of hydrogen-bond donors (Lipinski definition) is 2. The van der Waals surface area contributed by atoms with Crippen molar-refractivity contribution in [3.8, 4) is 0 Å². The molecule has 0 saturated carbocycles. The Labute approximate surface area is 125 Å². The summed E-state index contributed by atoms with van der Waals surface area (Å²) in [7, 11) is -0.825. The number of nitrogens with zero attached hydrogens (tertiary/aromatic N) is 2. The van der Waals surface area contributed by atoms with Gasteiger partial charge in [0.15, 0.2) is 0 Å². The molecule has 2 rings (SSSR count). The van der Waals surface area contributed by atoms with E-state index in [2.05, 4.69) is 33.6 Å². The number of aromatic nitrogens is 2. The van der Waals surface area contributed by atoms with Gasteiger partial charge in [-0.15, -0.1) is 11.3 Å². The van der Waals surface area contributed by atoms with Crippen LogP contribution in [0.2, 0.25) is 0 Å². The molecule has 2 atom stereocenters. The van der Waals surface area contributed by atoms with Crippen molar-refractivity contribution in [2.75, 3.05) is 29.2 Å². The van der Waals surface area contributed by atoms with Gasteiger partial charge in [0.1, 0.15) is 10.6 Å². The molecule has 110 valence electrons. The Hall–Kier alpha value is -1.21. The summed E-state index contributed by atoms with van der Waals surface area (Å²) in [5, 5.41) is 7.53. The van der Waals surface area contributed by atoms with Gasteiger partial charge in [0.2, 0.25) is 5.95 Å². The maximum absolute atomic E-state index is 11.3. The van der Waals surface area contributed by atoms with Gasteiger partial charge in [-0.2, -0.15) is 4.98 Å². The van der Waals surface area contributed by atoms with E-state index in [0.29, 0.717) is 11.7 Å². The number of aryl methyl sites for hydroxylation is 1. The van der Waals surface area contributed by atoms with E-state index in [9.17, 15) is 4.21 Å². The Morgan fingerprint density at radius 2 is 2.20 bits per heavy atom. The van der Waals surface area contributed by atoms with Crippen molar-refractivity contribution in [1.82, 2.24) is 9.97 Å². The SMILES string of the molecule is CCNc1nc(NC(C)CS(C)=O)c2cc(C)sc2n1. The normalized spacial score (nSPS) is 14.2. The topological polar surface area (TPSA) is 66.9 Å². The lowest BCUT2D eigenvalue weighted by Gasteiger charge is -2.14. The van der Waals surface area contributed by atoms with Gasteiger partial charge in [-0.05, 0) is 26.8 Å². The molecular weight excluding hydrogens is 292 g/mol. The molecule has 0 aromatic carbocycles. The first-order valence-corrected chi connectivity index (χ1v) is 9.12. The summed E-state index contributed by atoms with van der Waals surface area (Å²) >= 11 is 1.66. The van der Waals surface area contributed by atoms with Crippen LogP contribution in [0.1, 0.15) is 18.7 Å². The zero-order valence-corrected chi connectivity index (χ0v) is 13.8. The van der Waals surface area contributed by atoms with E-state index in [4.69, 9.17) is 0 Å². The lowest BCUT2D eigenvalue weighted by Crippen LogP contribution is -2.23. The number of fused-ring (bicyclic) bond motifs is 1. The molecule has 0 aliphatic carbocycles. The highest BCUT2D eigenvalue weighted by atomic mass is 32.2. The van der Waals surface area contributed by atoms with Crippen LogP contribution in [0, 0.1) is 6.92 Å². The van der Waals surface area contributed by atoms with E-state index in [0.717, 1.165) is 22.6 Å². The largest absolute Gasteiger partial charge is 0.366 e. The second-order valence-corrected chi connectivity index (χ2v) is 7.50. The highest BCUT2D eigenvalue weighted by Gasteiger charge is 2.13. The Bertz CT molecular complexity index is 626. The number of thiophene rings is 1. The standard InChI is InChI=1S/C13H20N4OS2/c1-5-14-13-16-11(15-8(2)7-20(4)18)10-6-9(3)19-12(10)17-13/h6,8H,5,7H2,1-4H3,(H2,14,15,16,17). The Morgan fingerprint density at radius 3 is 2.85 bits per heavy atom. The first-order valence-electron chi connectivity index (χ1n) is 6.58. The molecule has 0 bridgehead atoms. The molecule has 0 spiro atoms. The predicted octanol–water partition coefficient (Wildman–Crippen LogP) is 2.61. The van der Waals surface area contributed by atoms with Crippen LogP contribution in [-0.4, -0.2) is 38.8 Å². The van der Waals surface area contributed by atoms with Crippen molar-refractivity contribution in [1.29, 1.82) is 0 Å². The van der Waals surface area contributed by atoms with Crippen LogP contribution in [0.25, 0.3) is 10.2 Å². The molecule has 0 aliphatic heterocycles. The molecule has 0 amide bonds. The van der Waals surface area contributed by atoms with Crippen molar-refractivity contribution in [3.63, 3.8) is 0 Å². The first kappa shape index (κ1) is 15.2. The number of nitrogens with one attached hydrogen (secondary N) is 2. The summed E-state index contributed by atoms with van der Waals surface area (Å²) in [6.07, 6.45) is 1.71. The molecule has 2 heterocycles. The lowest BCUT2D eigenvalue weighted by molar-refractivity contribution is 0.683. The van der Waals surface area contributed by atoms with Crippen molar-refractivity contribution in [2.24, 2.45) is 0 Å². The third-order valence-corrected chi connectivity index (χ3v) is 4.63. The average molecular weight is 312 g/mol. The zero-order valence-electron chi connectivity index (χ0n) is 12.2. The van der Waals surface area contributed by atoms with Crippen LogP contribution in [0.15, 0.2) is 6.07 Å². The predicted molar refractivity (Wildman–Crippen MR) is 88.3 cm³/mol. The van der Waals surface area contributed by atoms with Crippen LogP contribution >= 0.6 is 11.3 Å². The maximum atomic E-state index is 11.3. The molecule has 20 heavy (non-hydrogen) atoms. The van der Waals surface area contributed by atoms with Gasteiger partial charge in [-0.25, -0.2) is 4.98 Å². The number of rotatable bonds is 6. The minimum atomic E-state index is -0.825. The minimum absolute atomic E-state index is 0.105. The fraction of sp³-hybridized carbons (Fsp3) is 0.538. The molecule has 0 radical (unpaired) electrons. The highest BCUT2D eigenvalue weighted by Crippen LogP contribution is 2.29. The summed E-state index contributed by atoms with van der Waals surface area (Å²) in [4.78, 5) is 11.2. The monoisotopic (exact) mass is 312 g/mol. The van der Waals surface area contributed by atoms with Crippen LogP contribution in [0.5, 0.6) is 0 Å². The summed E-state index contributed by atoms with van der Waals surface area (Å²) in [6.45, 7) is 6.88. The molecule has 0 fully saturated rings. The maximum Gasteiger partial charge on any atom is 0.226 e. The molecule has 0 saturated heterocycles. The third-order valence-electron chi connectivity index (χ3n) is 2.72. The molecule has 2 aromatic rings. The van der Waals surface area contributed by atoms with Gasteiger partial charge in [0.05, 0.1) is 5.39 Å². The summed E-state index contributed by atoms with van der Waals surface area (Å²) < 4.78 is 11.3. The van der Waals surface area contributed by atoms with Gasteiger partial charge in [-0.3, -0.25) is 4.21 Å². The minimum Gasteiger partial charge on any atom is -0.366 e. The van der Waals surface area contributed by atoms with Crippen molar-refractivity contribution >= 4 is 44.1 Å². The van der Waals surface area contributed by atoms with Crippen LogP contribution in [-0.2, 0) is 10.8 Å². The summed E-state index contributed by atoms with van der Waals surface area (Å²) in [6, 6.07) is 2.20. The van der Waals surface area contributed by atoms with E-state index in [1.165, 1.54) is 4.88 Å². The highest BCUT2D eigenvalue weighted by molar-refractivity contribution is 7.84. The molecule has 2 N–H and O–H groups in total. The van der Waals surface area contributed by atoms with Crippen molar-refractivity contribution in [3.05, 3.63) is 10.9 Å². The van der Waals surface area contributed by atoms with E-state index in [1.54, 1.807) is 17.6 Å². The van der Waals surface area contributed by atoms with E-state index in [-0.39, 0.29) is 6.04 Å². The summed E-state index contributed by atoms with van der Waals surface area (Å²) in [5.41, 5.74) is 0. The number of hydrogen-bond acceptors (Lipinski definition) is 6. The molecule has 2 aromatic heterocycles. The average Bonchev–Trinajstić information content (AvgIpc) is 2.69.